The predicted octanol–water partition coefficient (Wildman–Crippen LogP) is 3.16. The number of aryl methyl sites for hydroxylation is 2. The second-order valence-electron chi connectivity index (χ2n) is 5.93. The van der Waals surface area contributed by atoms with E-state index in [9.17, 15) is 4.79 Å². The molecule has 7 heteroatoms. The monoisotopic (exact) mass is 351 g/mol. The van der Waals surface area contributed by atoms with E-state index in [1.165, 1.54) is 0 Å². The van der Waals surface area contributed by atoms with Crippen molar-refractivity contribution in [2.24, 2.45) is 0 Å². The SMILES string of the molecule is CCSc1nc2ncc3c(=O)n(-c4cc(C)cc(C)c4)ccc3n2n1. The average Bonchev–Trinajstić information content (AvgIpc) is 2.97. The molecule has 4 aromatic rings. The summed E-state index contributed by atoms with van der Waals surface area (Å²) < 4.78 is 3.29. The highest BCUT2D eigenvalue weighted by molar-refractivity contribution is 7.99. The van der Waals surface area contributed by atoms with E-state index in [-0.39, 0.29) is 5.56 Å². The second kappa shape index (κ2) is 6.00. The van der Waals surface area contributed by atoms with Crippen LogP contribution < -0.4 is 5.56 Å². The third kappa shape index (κ3) is 2.70. The molecular formula is C18H17N5OS. The van der Waals surface area contributed by atoms with Gasteiger partial charge in [-0.05, 0) is 48.9 Å². The molecule has 25 heavy (non-hydrogen) atoms. The largest absolute Gasteiger partial charge is 0.284 e. The molecule has 3 heterocycles. The molecule has 0 saturated heterocycles. The van der Waals surface area contributed by atoms with Crippen molar-refractivity contribution in [3.05, 3.63) is 58.1 Å². The standard InChI is InChI=1S/C18H17N5OS/c1-4-25-18-20-17-19-10-14-15(23(17)21-18)5-6-22(16(14)24)13-8-11(2)7-12(3)9-13/h5-10H,4H2,1-3H3. The Kier molecular flexibility index (Phi) is 3.80. The van der Waals surface area contributed by atoms with Crippen LogP contribution in [0.3, 0.4) is 0 Å². The molecule has 0 N–H and O–H groups in total. The van der Waals surface area contributed by atoms with Gasteiger partial charge in [-0.15, -0.1) is 5.10 Å². The molecule has 6 nitrogen and oxygen atoms in total. The molecule has 0 atom stereocenters. The summed E-state index contributed by atoms with van der Waals surface area (Å²) in [4.78, 5) is 21.7. The van der Waals surface area contributed by atoms with Crippen LogP contribution in [0.25, 0.3) is 22.4 Å². The van der Waals surface area contributed by atoms with Crippen molar-refractivity contribution in [1.82, 2.24) is 24.1 Å². The first-order valence-corrected chi connectivity index (χ1v) is 9.04. The van der Waals surface area contributed by atoms with Gasteiger partial charge in [-0.25, -0.2) is 4.98 Å². The van der Waals surface area contributed by atoms with E-state index in [1.807, 2.05) is 39.0 Å². The van der Waals surface area contributed by atoms with Crippen LogP contribution in [0.1, 0.15) is 18.1 Å². The zero-order valence-electron chi connectivity index (χ0n) is 14.2. The summed E-state index contributed by atoms with van der Waals surface area (Å²) in [6.45, 7) is 6.09. The number of fused-ring (bicyclic) bond motifs is 3. The molecule has 0 unspecified atom stereocenters. The fraction of sp³-hybridized carbons (Fsp3) is 0.222. The third-order valence-corrected chi connectivity index (χ3v) is 4.69. The Labute approximate surface area is 148 Å². The molecule has 0 bridgehead atoms. The number of pyridine rings is 1. The highest BCUT2D eigenvalue weighted by Crippen LogP contribution is 2.18. The normalized spacial score (nSPS) is 11.5. The molecule has 0 aliphatic carbocycles. The third-order valence-electron chi connectivity index (χ3n) is 3.97. The number of benzene rings is 1. The molecule has 0 saturated carbocycles. The quantitative estimate of drug-likeness (QED) is 0.531. The number of hydrogen-bond donors (Lipinski definition) is 0. The second-order valence-corrected chi connectivity index (χ2v) is 7.16. The van der Waals surface area contributed by atoms with E-state index in [0.29, 0.717) is 21.8 Å². The van der Waals surface area contributed by atoms with E-state index in [1.54, 1.807) is 33.2 Å². The Bertz CT molecular complexity index is 1140. The highest BCUT2D eigenvalue weighted by Gasteiger charge is 2.12. The first-order chi connectivity index (χ1) is 12.1. The minimum absolute atomic E-state index is 0.114. The van der Waals surface area contributed by atoms with Gasteiger partial charge in [0.25, 0.3) is 11.3 Å². The van der Waals surface area contributed by atoms with Gasteiger partial charge in [-0.1, -0.05) is 24.8 Å². The van der Waals surface area contributed by atoms with Crippen molar-refractivity contribution in [1.29, 1.82) is 0 Å². The first kappa shape index (κ1) is 15.8. The van der Waals surface area contributed by atoms with Crippen LogP contribution in [-0.2, 0) is 0 Å². The van der Waals surface area contributed by atoms with Crippen molar-refractivity contribution in [2.45, 2.75) is 25.9 Å². The van der Waals surface area contributed by atoms with Crippen molar-refractivity contribution < 1.29 is 0 Å². The van der Waals surface area contributed by atoms with Gasteiger partial charge in [0.2, 0.25) is 5.16 Å². The van der Waals surface area contributed by atoms with Crippen LogP contribution >= 0.6 is 11.8 Å². The Balaban J connectivity index is 1.96. The van der Waals surface area contributed by atoms with E-state index in [4.69, 9.17) is 0 Å². The molecule has 0 radical (unpaired) electrons. The van der Waals surface area contributed by atoms with Gasteiger partial charge < -0.3 is 0 Å². The van der Waals surface area contributed by atoms with Crippen LogP contribution in [0.5, 0.6) is 0 Å². The maximum Gasteiger partial charge on any atom is 0.266 e. The fourth-order valence-electron chi connectivity index (χ4n) is 2.98. The van der Waals surface area contributed by atoms with Crippen LogP contribution in [0.4, 0.5) is 0 Å². The van der Waals surface area contributed by atoms with Crippen molar-refractivity contribution >= 4 is 28.4 Å². The lowest BCUT2D eigenvalue weighted by molar-refractivity contribution is 0.903. The lowest BCUT2D eigenvalue weighted by Gasteiger charge is -2.09. The molecule has 126 valence electrons. The van der Waals surface area contributed by atoms with Crippen molar-refractivity contribution in [3.63, 3.8) is 0 Å². The van der Waals surface area contributed by atoms with Gasteiger partial charge in [0.05, 0.1) is 10.9 Å². The highest BCUT2D eigenvalue weighted by atomic mass is 32.2. The maximum atomic E-state index is 13.0. The Morgan fingerprint density at radius 3 is 2.64 bits per heavy atom. The smallest absolute Gasteiger partial charge is 0.266 e. The molecule has 0 spiro atoms. The number of rotatable bonds is 3. The van der Waals surface area contributed by atoms with E-state index < -0.39 is 0 Å². The summed E-state index contributed by atoms with van der Waals surface area (Å²) >= 11 is 1.55. The maximum absolute atomic E-state index is 13.0. The molecule has 0 amide bonds. The van der Waals surface area contributed by atoms with Crippen LogP contribution in [-0.4, -0.2) is 29.9 Å². The number of hydrogen-bond acceptors (Lipinski definition) is 5. The van der Waals surface area contributed by atoms with Crippen molar-refractivity contribution in [2.75, 3.05) is 5.75 Å². The molecule has 0 aliphatic rings. The summed E-state index contributed by atoms with van der Waals surface area (Å²) in [5, 5.41) is 5.65. The van der Waals surface area contributed by atoms with E-state index >= 15 is 0 Å². The topological polar surface area (TPSA) is 65.1 Å². The lowest BCUT2D eigenvalue weighted by atomic mass is 10.1. The van der Waals surface area contributed by atoms with Gasteiger partial charge in [0, 0.05) is 18.1 Å². The number of thioether (sulfide) groups is 1. The fourth-order valence-corrected chi connectivity index (χ4v) is 3.53. The van der Waals surface area contributed by atoms with Gasteiger partial charge >= 0.3 is 0 Å². The summed E-state index contributed by atoms with van der Waals surface area (Å²) in [7, 11) is 0. The zero-order valence-corrected chi connectivity index (χ0v) is 15.0. The summed E-state index contributed by atoms with van der Waals surface area (Å²) in [5.41, 5.74) is 3.69. The summed E-state index contributed by atoms with van der Waals surface area (Å²) in [5.74, 6) is 1.39. The molecule has 0 fully saturated rings. The predicted molar refractivity (Wildman–Crippen MR) is 99.8 cm³/mol. The minimum Gasteiger partial charge on any atom is -0.284 e. The van der Waals surface area contributed by atoms with Crippen LogP contribution in [0.15, 0.2) is 46.6 Å². The lowest BCUT2D eigenvalue weighted by Crippen LogP contribution is -2.19. The molecular weight excluding hydrogens is 334 g/mol. The minimum atomic E-state index is -0.114. The molecule has 1 aromatic carbocycles. The molecule has 3 aromatic heterocycles. The van der Waals surface area contributed by atoms with E-state index in [2.05, 4.69) is 21.1 Å². The van der Waals surface area contributed by atoms with Crippen molar-refractivity contribution in [3.8, 4) is 5.69 Å². The summed E-state index contributed by atoms with van der Waals surface area (Å²) in [6.07, 6.45) is 3.37. The van der Waals surface area contributed by atoms with Crippen LogP contribution in [0.2, 0.25) is 0 Å². The van der Waals surface area contributed by atoms with Gasteiger partial charge in [-0.2, -0.15) is 9.50 Å². The Morgan fingerprint density at radius 2 is 1.92 bits per heavy atom. The first-order valence-electron chi connectivity index (χ1n) is 8.05. The number of aromatic nitrogens is 5. The molecule has 0 aliphatic heterocycles. The van der Waals surface area contributed by atoms with Gasteiger partial charge in [-0.3, -0.25) is 9.36 Å². The Morgan fingerprint density at radius 1 is 1.16 bits per heavy atom. The van der Waals surface area contributed by atoms with Gasteiger partial charge in [0.1, 0.15) is 0 Å². The van der Waals surface area contributed by atoms with Crippen LogP contribution in [0, 0.1) is 13.8 Å². The number of nitrogens with zero attached hydrogens (tertiary/aromatic N) is 5. The van der Waals surface area contributed by atoms with E-state index in [0.717, 1.165) is 22.6 Å². The molecule has 4 rings (SSSR count). The van der Waals surface area contributed by atoms with Gasteiger partial charge in [0.15, 0.2) is 0 Å². The zero-order chi connectivity index (χ0) is 17.6. The average molecular weight is 351 g/mol. The Hall–Kier alpha value is -2.67. The summed E-state index contributed by atoms with van der Waals surface area (Å²) in [6, 6.07) is 7.97.